The third kappa shape index (κ3) is 3.85. The average Bonchev–Trinajstić information content (AvgIpc) is 3.56. The fourth-order valence-corrected chi connectivity index (χ4v) is 7.19. The van der Waals surface area contributed by atoms with Crippen LogP contribution in [0.1, 0.15) is 12.8 Å². The van der Waals surface area contributed by atoms with Crippen molar-refractivity contribution in [3.8, 4) is 11.3 Å². The van der Waals surface area contributed by atoms with Crippen LogP contribution in [0.5, 0.6) is 0 Å². The number of fused-ring (bicyclic) bond motifs is 2. The molecule has 0 unspecified atom stereocenters. The first-order valence-electron chi connectivity index (χ1n) is 11.0. The van der Waals surface area contributed by atoms with E-state index in [0.29, 0.717) is 30.1 Å². The molecule has 0 atom stereocenters. The van der Waals surface area contributed by atoms with Crippen molar-refractivity contribution in [3.63, 3.8) is 0 Å². The van der Waals surface area contributed by atoms with Crippen LogP contribution in [0.2, 0.25) is 0 Å². The number of nitrogens with zero attached hydrogens (tertiary/aromatic N) is 5. The molecule has 0 saturated carbocycles. The van der Waals surface area contributed by atoms with Gasteiger partial charge in [-0.3, -0.25) is 4.68 Å². The molecule has 0 spiro atoms. The van der Waals surface area contributed by atoms with E-state index in [-0.39, 0.29) is 6.04 Å². The maximum absolute atomic E-state index is 13.0. The van der Waals surface area contributed by atoms with Gasteiger partial charge in [-0.2, -0.15) is 5.10 Å². The maximum Gasteiger partial charge on any atom is 0.250 e. The van der Waals surface area contributed by atoms with Crippen molar-refractivity contribution >= 4 is 48.3 Å². The molecule has 1 aliphatic heterocycles. The Morgan fingerprint density at radius 2 is 1.97 bits per heavy atom. The molecule has 0 amide bonds. The summed E-state index contributed by atoms with van der Waals surface area (Å²) in [7, 11) is -1.67. The lowest BCUT2D eigenvalue weighted by atomic mass is 10.1. The van der Waals surface area contributed by atoms with Gasteiger partial charge in [0.1, 0.15) is 22.0 Å². The van der Waals surface area contributed by atoms with Crippen LogP contribution in [0.4, 0.5) is 5.82 Å². The highest BCUT2D eigenvalue weighted by molar-refractivity contribution is 7.91. The molecule has 1 aromatic carbocycles. The first-order chi connectivity index (χ1) is 16.5. The minimum Gasteiger partial charge on any atom is -0.356 e. The minimum absolute atomic E-state index is 0.110. The standard InChI is InChI=1S/C23H23N7O2S2/c1-29-13-16(12-26-29)19-11-18-22(27-19)24-14-25-23(18)30-8-6-17(7-9-30)28-34(31,32)21-10-15-4-2-3-5-20(15)33-21/h2-5,10-14,17,28H,6-9H2,1H3,(H,24,25,27). The van der Waals surface area contributed by atoms with Crippen LogP contribution >= 0.6 is 11.3 Å². The molecule has 4 aromatic heterocycles. The van der Waals surface area contributed by atoms with Gasteiger partial charge in [0.2, 0.25) is 10.0 Å². The molecule has 34 heavy (non-hydrogen) atoms. The Bertz CT molecular complexity index is 1560. The van der Waals surface area contributed by atoms with Crippen LogP contribution in [0.15, 0.2) is 59.3 Å². The molecule has 9 nitrogen and oxygen atoms in total. The third-order valence-electron chi connectivity index (χ3n) is 6.20. The van der Waals surface area contributed by atoms with Crippen LogP contribution in [0.25, 0.3) is 32.4 Å². The van der Waals surface area contributed by atoms with Crippen molar-refractivity contribution in [2.24, 2.45) is 7.05 Å². The molecule has 1 aliphatic rings. The number of hydrogen-bond donors (Lipinski definition) is 2. The number of aromatic nitrogens is 5. The number of aromatic amines is 1. The number of rotatable bonds is 5. The predicted octanol–water partition coefficient (Wildman–Crippen LogP) is 3.52. The Morgan fingerprint density at radius 1 is 1.15 bits per heavy atom. The number of sulfonamides is 1. The van der Waals surface area contributed by atoms with E-state index in [1.54, 1.807) is 17.1 Å². The summed E-state index contributed by atoms with van der Waals surface area (Å²) in [6.45, 7) is 1.41. The molecule has 174 valence electrons. The molecule has 1 fully saturated rings. The Morgan fingerprint density at radius 3 is 2.74 bits per heavy atom. The average molecular weight is 494 g/mol. The van der Waals surface area contributed by atoms with Gasteiger partial charge in [-0.25, -0.2) is 23.1 Å². The van der Waals surface area contributed by atoms with E-state index in [4.69, 9.17) is 0 Å². The smallest absolute Gasteiger partial charge is 0.250 e. The Balaban J connectivity index is 1.18. The molecular formula is C23H23N7O2S2. The van der Waals surface area contributed by atoms with Crippen LogP contribution in [0.3, 0.4) is 0 Å². The third-order valence-corrected chi connectivity index (χ3v) is 9.31. The van der Waals surface area contributed by atoms with Gasteiger partial charge in [0, 0.05) is 42.6 Å². The number of thiophene rings is 1. The van der Waals surface area contributed by atoms with Gasteiger partial charge < -0.3 is 9.88 Å². The van der Waals surface area contributed by atoms with Gasteiger partial charge in [-0.05, 0) is 36.4 Å². The van der Waals surface area contributed by atoms with Crippen molar-refractivity contribution in [2.45, 2.75) is 23.1 Å². The lowest BCUT2D eigenvalue weighted by Gasteiger charge is -2.33. The Labute approximate surface area is 200 Å². The summed E-state index contributed by atoms with van der Waals surface area (Å²) in [4.78, 5) is 14.5. The van der Waals surface area contributed by atoms with E-state index in [9.17, 15) is 8.42 Å². The SMILES string of the molecule is Cn1cc(-c2cc3c(N4CCC(NS(=O)(=O)c5cc6ccccc6s5)CC4)ncnc3[nH]2)cn1. The quantitative estimate of drug-likeness (QED) is 0.388. The molecule has 5 heterocycles. The normalized spacial score (nSPS) is 15.5. The molecule has 1 saturated heterocycles. The van der Waals surface area contributed by atoms with Crippen LogP contribution in [-0.4, -0.2) is 52.3 Å². The molecule has 6 rings (SSSR count). The first kappa shape index (κ1) is 21.3. The highest BCUT2D eigenvalue weighted by Gasteiger charge is 2.27. The second kappa shape index (κ2) is 8.19. The summed E-state index contributed by atoms with van der Waals surface area (Å²) in [6, 6.07) is 11.4. The monoisotopic (exact) mass is 493 g/mol. The first-order valence-corrected chi connectivity index (χ1v) is 13.3. The maximum atomic E-state index is 13.0. The molecule has 5 aromatic rings. The zero-order valence-corrected chi connectivity index (χ0v) is 20.1. The zero-order chi connectivity index (χ0) is 23.3. The number of benzene rings is 1. The van der Waals surface area contributed by atoms with Gasteiger partial charge in [0.25, 0.3) is 0 Å². The molecule has 0 radical (unpaired) electrons. The van der Waals surface area contributed by atoms with Crippen molar-refractivity contribution in [1.29, 1.82) is 0 Å². The zero-order valence-electron chi connectivity index (χ0n) is 18.5. The highest BCUT2D eigenvalue weighted by Crippen LogP contribution is 2.31. The molecule has 11 heteroatoms. The summed E-state index contributed by atoms with van der Waals surface area (Å²) >= 11 is 1.31. The Hall–Kier alpha value is -3.28. The lowest BCUT2D eigenvalue weighted by Crippen LogP contribution is -2.44. The highest BCUT2D eigenvalue weighted by atomic mass is 32.2. The van der Waals surface area contributed by atoms with Gasteiger partial charge in [0.15, 0.2) is 0 Å². The number of aryl methyl sites for hydroxylation is 1. The van der Waals surface area contributed by atoms with Crippen LogP contribution < -0.4 is 9.62 Å². The Kier molecular flexibility index (Phi) is 5.12. The van der Waals surface area contributed by atoms with Crippen molar-refractivity contribution in [1.82, 2.24) is 29.5 Å². The topological polar surface area (TPSA) is 109 Å². The van der Waals surface area contributed by atoms with E-state index < -0.39 is 10.0 Å². The van der Waals surface area contributed by atoms with E-state index in [1.165, 1.54) is 11.3 Å². The number of nitrogens with one attached hydrogen (secondary N) is 2. The second-order valence-electron chi connectivity index (χ2n) is 8.53. The number of H-pyrrole nitrogens is 1. The fourth-order valence-electron chi connectivity index (χ4n) is 4.47. The number of hydrogen-bond acceptors (Lipinski definition) is 7. The van der Waals surface area contributed by atoms with Crippen molar-refractivity contribution < 1.29 is 8.42 Å². The van der Waals surface area contributed by atoms with Crippen molar-refractivity contribution in [2.75, 3.05) is 18.0 Å². The molecule has 0 aliphatic carbocycles. The van der Waals surface area contributed by atoms with Crippen molar-refractivity contribution in [3.05, 3.63) is 55.1 Å². The van der Waals surface area contributed by atoms with Gasteiger partial charge in [-0.15, -0.1) is 11.3 Å². The fraction of sp³-hybridized carbons (Fsp3) is 0.261. The number of piperidine rings is 1. The second-order valence-corrected chi connectivity index (χ2v) is 11.6. The van der Waals surface area contributed by atoms with E-state index in [0.717, 1.165) is 38.2 Å². The van der Waals surface area contributed by atoms with Gasteiger partial charge >= 0.3 is 0 Å². The summed E-state index contributed by atoms with van der Waals surface area (Å²) in [6.07, 6.45) is 6.74. The summed E-state index contributed by atoms with van der Waals surface area (Å²) in [5.41, 5.74) is 2.70. The lowest BCUT2D eigenvalue weighted by molar-refractivity contribution is 0.459. The van der Waals surface area contributed by atoms with E-state index in [1.807, 2.05) is 43.7 Å². The number of anilines is 1. The molecular weight excluding hydrogens is 470 g/mol. The van der Waals surface area contributed by atoms with Crippen LogP contribution in [0, 0.1) is 0 Å². The summed E-state index contributed by atoms with van der Waals surface area (Å²) in [5.74, 6) is 0.863. The summed E-state index contributed by atoms with van der Waals surface area (Å²) in [5, 5.41) is 6.14. The van der Waals surface area contributed by atoms with Crippen LogP contribution in [-0.2, 0) is 17.1 Å². The van der Waals surface area contributed by atoms with Gasteiger partial charge in [0.05, 0.1) is 17.3 Å². The minimum atomic E-state index is -3.55. The van der Waals surface area contributed by atoms with E-state index >= 15 is 0 Å². The van der Waals surface area contributed by atoms with Gasteiger partial charge in [-0.1, -0.05) is 18.2 Å². The molecule has 2 N–H and O–H groups in total. The molecule has 0 bridgehead atoms. The summed E-state index contributed by atoms with van der Waals surface area (Å²) < 4.78 is 32.0. The van der Waals surface area contributed by atoms with E-state index in [2.05, 4.69) is 35.7 Å². The largest absolute Gasteiger partial charge is 0.356 e. The predicted molar refractivity (Wildman–Crippen MR) is 133 cm³/mol.